The second-order valence-electron chi connectivity index (χ2n) is 5.44. The third kappa shape index (κ3) is 3.78. The Morgan fingerprint density at radius 2 is 1.90 bits per heavy atom. The number of benzene rings is 1. The first-order chi connectivity index (χ1) is 9.79. The van der Waals surface area contributed by atoms with Crippen LogP contribution in [0, 0.1) is 17.0 Å². The average Bonchev–Trinajstić information content (AvgIpc) is 2.41. The molecule has 0 radical (unpaired) electrons. The highest BCUT2D eigenvalue weighted by Crippen LogP contribution is 2.24. The summed E-state index contributed by atoms with van der Waals surface area (Å²) in [5, 5.41) is 10.9. The number of nitro benzene ring substituents is 1. The van der Waals surface area contributed by atoms with E-state index in [9.17, 15) is 18.5 Å². The van der Waals surface area contributed by atoms with Crippen molar-refractivity contribution in [2.45, 2.75) is 49.6 Å². The van der Waals surface area contributed by atoms with Crippen molar-refractivity contribution in [3.63, 3.8) is 0 Å². The molecule has 0 atom stereocenters. The summed E-state index contributed by atoms with van der Waals surface area (Å²) in [5.41, 5.74) is 6.03. The molecule has 0 bridgehead atoms. The molecule has 1 aliphatic carbocycles. The number of aryl methyl sites for hydroxylation is 1. The van der Waals surface area contributed by atoms with Gasteiger partial charge in [0.25, 0.3) is 5.69 Å². The van der Waals surface area contributed by atoms with E-state index in [2.05, 4.69) is 4.72 Å². The standard InChI is InChI=1S/C13H19N3O4S/c1-9-2-7-12(8-13(9)16(17)18)21(19,20)15-11-5-3-10(14)4-6-11/h2,7-8,10-11,15H,3-6,14H2,1H3. The molecule has 0 amide bonds. The number of nitrogens with one attached hydrogen (secondary N) is 1. The lowest BCUT2D eigenvalue weighted by atomic mass is 9.93. The van der Waals surface area contributed by atoms with Gasteiger partial charge in [0.05, 0.1) is 9.82 Å². The molecule has 2 rings (SSSR count). The van der Waals surface area contributed by atoms with Crippen LogP contribution in [0.2, 0.25) is 0 Å². The molecular weight excluding hydrogens is 294 g/mol. The van der Waals surface area contributed by atoms with Gasteiger partial charge in [-0.1, -0.05) is 6.07 Å². The maximum Gasteiger partial charge on any atom is 0.273 e. The maximum absolute atomic E-state index is 12.3. The average molecular weight is 313 g/mol. The van der Waals surface area contributed by atoms with Crippen LogP contribution in [0.5, 0.6) is 0 Å². The Labute approximate surface area is 123 Å². The molecule has 0 saturated heterocycles. The van der Waals surface area contributed by atoms with Crippen LogP contribution in [0.4, 0.5) is 5.69 Å². The predicted octanol–water partition coefficient (Wildman–Crippen LogP) is 1.45. The minimum absolute atomic E-state index is 0.0744. The van der Waals surface area contributed by atoms with E-state index in [0.717, 1.165) is 18.9 Å². The highest BCUT2D eigenvalue weighted by molar-refractivity contribution is 7.89. The molecule has 0 unspecified atom stereocenters. The van der Waals surface area contributed by atoms with E-state index in [0.29, 0.717) is 18.4 Å². The summed E-state index contributed by atoms with van der Waals surface area (Å²) >= 11 is 0. The fourth-order valence-electron chi connectivity index (χ4n) is 2.48. The summed E-state index contributed by atoms with van der Waals surface area (Å²) in [5.74, 6) is 0. The zero-order chi connectivity index (χ0) is 15.6. The first-order valence-electron chi connectivity index (χ1n) is 6.82. The van der Waals surface area contributed by atoms with Gasteiger partial charge in [0.2, 0.25) is 10.0 Å². The number of nitro groups is 1. The maximum atomic E-state index is 12.3. The van der Waals surface area contributed by atoms with Gasteiger partial charge in [-0.05, 0) is 38.7 Å². The minimum Gasteiger partial charge on any atom is -0.328 e. The fourth-order valence-corrected chi connectivity index (χ4v) is 3.80. The third-order valence-electron chi connectivity index (χ3n) is 3.78. The summed E-state index contributed by atoms with van der Waals surface area (Å²) in [7, 11) is -3.75. The van der Waals surface area contributed by atoms with Gasteiger partial charge in [0.15, 0.2) is 0 Å². The van der Waals surface area contributed by atoms with Crippen molar-refractivity contribution in [1.82, 2.24) is 4.72 Å². The Hall–Kier alpha value is -1.51. The molecule has 1 fully saturated rings. The summed E-state index contributed by atoms with van der Waals surface area (Å²) in [6.07, 6.45) is 2.94. The summed E-state index contributed by atoms with van der Waals surface area (Å²) in [6.45, 7) is 1.57. The van der Waals surface area contributed by atoms with Crippen molar-refractivity contribution in [3.8, 4) is 0 Å². The quantitative estimate of drug-likeness (QED) is 0.645. The Balaban J connectivity index is 2.20. The summed E-state index contributed by atoms with van der Waals surface area (Å²) in [6, 6.07) is 3.91. The molecule has 0 spiro atoms. The van der Waals surface area contributed by atoms with Gasteiger partial charge in [-0.3, -0.25) is 10.1 Å². The monoisotopic (exact) mass is 313 g/mol. The van der Waals surface area contributed by atoms with Gasteiger partial charge >= 0.3 is 0 Å². The van der Waals surface area contributed by atoms with E-state index < -0.39 is 14.9 Å². The number of hydrogen-bond acceptors (Lipinski definition) is 5. The first-order valence-corrected chi connectivity index (χ1v) is 8.31. The number of nitrogens with zero attached hydrogens (tertiary/aromatic N) is 1. The van der Waals surface area contributed by atoms with E-state index in [1.54, 1.807) is 6.92 Å². The molecular formula is C13H19N3O4S. The van der Waals surface area contributed by atoms with Crippen molar-refractivity contribution in [1.29, 1.82) is 0 Å². The van der Waals surface area contributed by atoms with Crippen LogP contribution < -0.4 is 10.5 Å². The van der Waals surface area contributed by atoms with E-state index in [4.69, 9.17) is 5.73 Å². The molecule has 1 aliphatic rings. The Kier molecular flexibility index (Phi) is 4.60. The van der Waals surface area contributed by atoms with E-state index in [1.807, 2.05) is 0 Å². The van der Waals surface area contributed by atoms with Crippen LogP contribution in [0.1, 0.15) is 31.2 Å². The van der Waals surface area contributed by atoms with E-state index in [1.165, 1.54) is 12.1 Å². The SMILES string of the molecule is Cc1ccc(S(=O)(=O)NC2CCC(N)CC2)cc1[N+](=O)[O-]. The first kappa shape index (κ1) is 15.9. The zero-order valence-corrected chi connectivity index (χ0v) is 12.6. The minimum atomic E-state index is -3.75. The molecule has 0 aliphatic heterocycles. The van der Waals surface area contributed by atoms with Gasteiger partial charge in [-0.25, -0.2) is 13.1 Å². The van der Waals surface area contributed by atoms with E-state index in [-0.39, 0.29) is 22.7 Å². The predicted molar refractivity (Wildman–Crippen MR) is 78.4 cm³/mol. The van der Waals surface area contributed by atoms with Crippen molar-refractivity contribution in [2.75, 3.05) is 0 Å². The highest BCUT2D eigenvalue weighted by atomic mass is 32.2. The molecule has 0 heterocycles. The molecule has 116 valence electrons. The van der Waals surface area contributed by atoms with Crippen LogP contribution in [0.3, 0.4) is 0 Å². The Bertz CT molecular complexity index is 637. The second kappa shape index (κ2) is 6.08. The van der Waals surface area contributed by atoms with Gasteiger partial charge in [-0.15, -0.1) is 0 Å². The van der Waals surface area contributed by atoms with Crippen molar-refractivity contribution in [3.05, 3.63) is 33.9 Å². The smallest absolute Gasteiger partial charge is 0.273 e. The lowest BCUT2D eigenvalue weighted by Crippen LogP contribution is -2.40. The van der Waals surface area contributed by atoms with Crippen molar-refractivity contribution >= 4 is 15.7 Å². The molecule has 1 aromatic rings. The topological polar surface area (TPSA) is 115 Å². The largest absolute Gasteiger partial charge is 0.328 e. The van der Waals surface area contributed by atoms with E-state index >= 15 is 0 Å². The van der Waals surface area contributed by atoms with Crippen LogP contribution in [0.15, 0.2) is 23.1 Å². The van der Waals surface area contributed by atoms with Gasteiger partial charge < -0.3 is 5.73 Å². The molecule has 0 aromatic heterocycles. The van der Waals surface area contributed by atoms with Crippen LogP contribution >= 0.6 is 0 Å². The fraction of sp³-hybridized carbons (Fsp3) is 0.538. The van der Waals surface area contributed by atoms with Crippen LogP contribution in [0.25, 0.3) is 0 Å². The molecule has 7 nitrogen and oxygen atoms in total. The van der Waals surface area contributed by atoms with Crippen LogP contribution in [-0.2, 0) is 10.0 Å². The third-order valence-corrected chi connectivity index (χ3v) is 5.30. The van der Waals surface area contributed by atoms with Gasteiger partial charge in [-0.2, -0.15) is 0 Å². The van der Waals surface area contributed by atoms with Crippen molar-refractivity contribution in [2.24, 2.45) is 5.73 Å². The normalized spacial score (nSPS) is 23.0. The lowest BCUT2D eigenvalue weighted by molar-refractivity contribution is -0.385. The second-order valence-corrected chi connectivity index (χ2v) is 7.15. The zero-order valence-electron chi connectivity index (χ0n) is 11.8. The summed E-state index contributed by atoms with van der Waals surface area (Å²) < 4.78 is 27.2. The van der Waals surface area contributed by atoms with Crippen molar-refractivity contribution < 1.29 is 13.3 Å². The number of hydrogen-bond donors (Lipinski definition) is 2. The van der Waals surface area contributed by atoms with Crippen LogP contribution in [-0.4, -0.2) is 25.4 Å². The highest BCUT2D eigenvalue weighted by Gasteiger charge is 2.25. The Morgan fingerprint density at radius 3 is 2.48 bits per heavy atom. The number of sulfonamides is 1. The number of nitrogens with two attached hydrogens (primary N) is 1. The molecule has 1 saturated carbocycles. The lowest BCUT2D eigenvalue weighted by Gasteiger charge is -2.26. The summed E-state index contributed by atoms with van der Waals surface area (Å²) in [4.78, 5) is 10.3. The Morgan fingerprint density at radius 1 is 1.29 bits per heavy atom. The molecule has 1 aromatic carbocycles. The molecule has 21 heavy (non-hydrogen) atoms. The number of rotatable bonds is 4. The molecule has 8 heteroatoms. The van der Waals surface area contributed by atoms with Gasteiger partial charge in [0.1, 0.15) is 0 Å². The molecule has 3 N–H and O–H groups in total. The van der Waals surface area contributed by atoms with Gasteiger partial charge in [0, 0.05) is 23.7 Å².